The van der Waals surface area contributed by atoms with Crippen LogP contribution in [-0.2, 0) is 0 Å². The molecule has 4 aromatic heterocycles. The van der Waals surface area contributed by atoms with Gasteiger partial charge in [0.15, 0.2) is 0 Å². The van der Waals surface area contributed by atoms with Crippen LogP contribution < -0.4 is 0 Å². The topological polar surface area (TPSA) is 19.7 Å². The van der Waals surface area contributed by atoms with Crippen molar-refractivity contribution in [1.29, 1.82) is 0 Å². The normalized spacial score (nSPS) is 18.2. The number of benzene rings is 6. The molecule has 2 fully saturated rings. The number of rotatable bonds is 4. The predicted molar refractivity (Wildman–Crippen MR) is 250 cm³/mol. The number of allylic oxidation sites excluding steroid dienone is 1. The second-order valence-corrected chi connectivity index (χ2v) is 18.1. The molecule has 1 atom stereocenters. The summed E-state index contributed by atoms with van der Waals surface area (Å²) in [5.41, 5.74) is 14.7. The number of hydrogen-bond donors (Lipinski definition) is 0. The van der Waals surface area contributed by atoms with Gasteiger partial charge in [-0.3, -0.25) is 0 Å². The van der Waals surface area contributed by atoms with Crippen LogP contribution in [0, 0.1) is 0 Å². The van der Waals surface area contributed by atoms with Gasteiger partial charge >= 0.3 is 0 Å². The molecule has 4 nitrogen and oxygen atoms in total. The van der Waals surface area contributed by atoms with Gasteiger partial charge in [0, 0.05) is 89.4 Å². The van der Waals surface area contributed by atoms with Crippen molar-refractivity contribution in [2.24, 2.45) is 0 Å². The maximum absolute atomic E-state index is 2.75. The van der Waals surface area contributed by atoms with Crippen LogP contribution in [0.2, 0.25) is 0 Å². The summed E-state index contributed by atoms with van der Waals surface area (Å²) in [4.78, 5) is 0. The molecule has 0 spiro atoms. The van der Waals surface area contributed by atoms with Gasteiger partial charge in [0.25, 0.3) is 0 Å². The van der Waals surface area contributed by atoms with Crippen LogP contribution in [0.5, 0.6) is 0 Å². The van der Waals surface area contributed by atoms with E-state index in [1.165, 1.54) is 163 Å². The smallest absolute Gasteiger partial charge is 0.0785 e. The van der Waals surface area contributed by atoms with Crippen LogP contribution in [0.15, 0.2) is 127 Å². The minimum Gasteiger partial charge on any atom is -0.337 e. The summed E-state index contributed by atoms with van der Waals surface area (Å²) in [6.45, 7) is 2.42. The number of nitrogens with zero attached hydrogens (tertiary/aromatic N) is 4. The van der Waals surface area contributed by atoms with Gasteiger partial charge in [0.1, 0.15) is 0 Å². The molecule has 0 saturated heterocycles. The Bertz CT molecular complexity index is 3350. The summed E-state index contributed by atoms with van der Waals surface area (Å²) < 4.78 is 10.7. The molecule has 4 heterocycles. The first-order chi connectivity index (χ1) is 29.2. The maximum atomic E-state index is 2.75. The van der Waals surface area contributed by atoms with E-state index in [0.29, 0.717) is 18.0 Å². The average molecular weight is 767 g/mol. The Hall–Kier alpha value is -6.00. The first-order valence-electron chi connectivity index (χ1n) is 22.6. The molecule has 59 heavy (non-hydrogen) atoms. The molecular weight excluding hydrogens is 717 g/mol. The number of fused-ring (bicyclic) bond motifs is 13. The van der Waals surface area contributed by atoms with Crippen LogP contribution in [0.1, 0.15) is 107 Å². The summed E-state index contributed by atoms with van der Waals surface area (Å²) in [5.74, 6) is 0.404. The number of hydrogen-bond acceptors (Lipinski definition) is 0. The molecule has 13 rings (SSSR count). The van der Waals surface area contributed by atoms with Gasteiger partial charge in [-0.1, -0.05) is 130 Å². The van der Waals surface area contributed by atoms with Crippen LogP contribution in [-0.4, -0.2) is 18.3 Å². The highest BCUT2D eigenvalue weighted by Gasteiger charge is 2.29. The molecule has 0 aliphatic heterocycles. The van der Waals surface area contributed by atoms with Gasteiger partial charge in [-0.15, -0.1) is 0 Å². The Morgan fingerprint density at radius 3 is 1.69 bits per heavy atom. The number of aromatic nitrogens is 4. The lowest BCUT2D eigenvalue weighted by atomic mass is 9.93. The zero-order valence-corrected chi connectivity index (χ0v) is 34.0. The summed E-state index contributed by atoms with van der Waals surface area (Å²) in [5, 5.41) is 9.50. The fourth-order valence-corrected chi connectivity index (χ4v) is 12.3. The van der Waals surface area contributed by atoms with E-state index in [4.69, 9.17) is 0 Å². The summed E-state index contributed by atoms with van der Waals surface area (Å²) in [7, 11) is 0. The fourth-order valence-electron chi connectivity index (χ4n) is 12.3. The zero-order chi connectivity index (χ0) is 38.8. The van der Waals surface area contributed by atoms with E-state index in [1.54, 1.807) is 0 Å². The highest BCUT2D eigenvalue weighted by Crippen LogP contribution is 2.47. The lowest BCUT2D eigenvalue weighted by molar-refractivity contribution is 0.367. The maximum Gasteiger partial charge on any atom is 0.0785 e. The zero-order valence-electron chi connectivity index (χ0n) is 34.0. The van der Waals surface area contributed by atoms with E-state index in [9.17, 15) is 0 Å². The monoisotopic (exact) mass is 766 g/mol. The van der Waals surface area contributed by atoms with Crippen molar-refractivity contribution in [2.45, 2.75) is 95.6 Å². The van der Waals surface area contributed by atoms with Gasteiger partial charge in [0.05, 0.1) is 27.6 Å². The Morgan fingerprint density at radius 2 is 0.983 bits per heavy atom. The third kappa shape index (κ3) is 4.83. The lowest BCUT2D eigenvalue weighted by Crippen LogP contribution is -2.13. The van der Waals surface area contributed by atoms with Crippen LogP contribution in [0.3, 0.4) is 0 Å². The largest absolute Gasteiger partial charge is 0.337 e. The molecule has 6 aromatic carbocycles. The third-order valence-corrected chi connectivity index (χ3v) is 14.8. The Morgan fingerprint density at radius 1 is 0.424 bits per heavy atom. The van der Waals surface area contributed by atoms with E-state index in [-0.39, 0.29) is 0 Å². The van der Waals surface area contributed by atoms with Gasteiger partial charge in [-0.05, 0) is 80.6 Å². The van der Waals surface area contributed by atoms with Gasteiger partial charge in [0.2, 0.25) is 0 Å². The molecule has 290 valence electrons. The fraction of sp³-hybridized carbons (Fsp3) is 0.273. The van der Waals surface area contributed by atoms with Crippen molar-refractivity contribution in [3.05, 3.63) is 139 Å². The minimum atomic E-state index is 0.404. The van der Waals surface area contributed by atoms with E-state index in [0.717, 1.165) is 6.42 Å². The van der Waals surface area contributed by atoms with Gasteiger partial charge < -0.3 is 18.3 Å². The van der Waals surface area contributed by atoms with Crippen LogP contribution in [0.25, 0.3) is 93.8 Å². The molecule has 10 aromatic rings. The molecule has 0 N–H and O–H groups in total. The molecule has 0 amide bonds. The molecule has 2 saturated carbocycles. The van der Waals surface area contributed by atoms with Crippen molar-refractivity contribution in [1.82, 2.24) is 18.3 Å². The van der Waals surface area contributed by atoms with E-state index >= 15 is 0 Å². The van der Waals surface area contributed by atoms with E-state index in [1.807, 2.05) is 0 Å². The van der Waals surface area contributed by atoms with E-state index < -0.39 is 0 Å². The molecule has 1 unspecified atom stereocenters. The molecule has 0 bridgehead atoms. The molecule has 3 aliphatic carbocycles. The second-order valence-electron chi connectivity index (χ2n) is 18.1. The highest BCUT2D eigenvalue weighted by atomic mass is 15.1. The average Bonchev–Trinajstić information content (AvgIpc) is 4.02. The van der Waals surface area contributed by atoms with Crippen LogP contribution in [0.4, 0.5) is 0 Å². The third-order valence-electron chi connectivity index (χ3n) is 14.8. The number of para-hydroxylation sites is 3. The molecular formula is C55H50N4. The Labute approximate surface area is 344 Å². The standard InChI is InChI=1S/C55H50N4/c1-35-16-14-26-43-47-34-51-46(42-25-10-11-27-48(42)56(51)36-17-4-2-5-18-36)33-52(47)59(53(35)43)39-22-15-21-38(32-39)58-50-29-13-9-24-41(50)45-31-30-44-40-23-8-12-28-49(40)57(54(44)55(45)58)37-19-6-3-7-20-37/h8-15,21-37H,2-7,16-20H2,1H3. The van der Waals surface area contributed by atoms with Gasteiger partial charge in [-0.2, -0.15) is 0 Å². The summed E-state index contributed by atoms with van der Waals surface area (Å²) in [6.07, 6.45) is 18.9. The van der Waals surface area contributed by atoms with Crippen molar-refractivity contribution in [2.75, 3.05) is 0 Å². The SMILES string of the molecule is CC1CC=Cc2c1n(-c1cccc(-n3c4ccccc4c4ccc5c6ccccc6n(C6CCCCC6)c5c43)c1)c1cc3c4ccccc4n(C4CCCCC4)c3cc21. The quantitative estimate of drug-likeness (QED) is 0.170. The Kier molecular flexibility index (Phi) is 7.47. The van der Waals surface area contributed by atoms with Crippen molar-refractivity contribution < 1.29 is 0 Å². The minimum absolute atomic E-state index is 0.404. The highest BCUT2D eigenvalue weighted by molar-refractivity contribution is 6.23. The Balaban J connectivity index is 1.10. The van der Waals surface area contributed by atoms with Crippen molar-refractivity contribution in [3.63, 3.8) is 0 Å². The second kappa shape index (κ2) is 13.0. The molecule has 4 heteroatoms. The summed E-state index contributed by atoms with van der Waals surface area (Å²) >= 11 is 0. The molecule has 0 radical (unpaired) electrons. The lowest BCUT2D eigenvalue weighted by Gasteiger charge is -2.26. The van der Waals surface area contributed by atoms with E-state index in [2.05, 4.69) is 159 Å². The van der Waals surface area contributed by atoms with Crippen molar-refractivity contribution >= 4 is 82.4 Å². The first-order valence-corrected chi connectivity index (χ1v) is 22.6. The summed E-state index contributed by atoms with van der Waals surface area (Å²) in [6, 6.07) is 47.9. The van der Waals surface area contributed by atoms with Crippen molar-refractivity contribution in [3.8, 4) is 11.4 Å². The first kappa shape index (κ1) is 33.9. The van der Waals surface area contributed by atoms with Crippen LogP contribution >= 0.6 is 0 Å². The molecule has 3 aliphatic rings. The van der Waals surface area contributed by atoms with Gasteiger partial charge in [-0.25, -0.2) is 0 Å². The predicted octanol–water partition coefficient (Wildman–Crippen LogP) is 15.5.